The molecule has 0 saturated heterocycles. The molecule has 0 saturated carbocycles. The summed E-state index contributed by atoms with van der Waals surface area (Å²) in [7, 11) is -0.0190. The summed E-state index contributed by atoms with van der Waals surface area (Å²) in [6.07, 6.45) is 1.29. The molecule has 0 heterocycles. The lowest BCUT2D eigenvalue weighted by Crippen LogP contribution is -2.29. The van der Waals surface area contributed by atoms with E-state index in [-0.39, 0.29) is 8.22 Å². The second kappa shape index (κ2) is 7.73. The summed E-state index contributed by atoms with van der Waals surface area (Å²) >= 11 is 0. The zero-order valence-corrected chi connectivity index (χ0v) is 10.8. The first-order valence-corrected chi connectivity index (χ1v) is 6.95. The van der Waals surface area contributed by atoms with Gasteiger partial charge in [-0.3, -0.25) is 9.34 Å². The Labute approximate surface area is 85.2 Å². The summed E-state index contributed by atoms with van der Waals surface area (Å²) in [4.78, 5) is 0. The average molecular weight is 204 g/mol. The lowest BCUT2D eigenvalue weighted by atomic mass is 10.7. The molecule has 0 N–H and O–H groups in total. The van der Waals surface area contributed by atoms with Crippen LogP contribution in [-0.4, -0.2) is 41.7 Å². The molecule has 0 amide bonds. The standard InChI is InChI=1S/C10H25N2P/c1-6-11(7-2)13(10-5)12(8-3)9-4/h6-10H2,1-5H3. The fourth-order valence-corrected chi connectivity index (χ4v) is 4.14. The summed E-state index contributed by atoms with van der Waals surface area (Å²) in [6.45, 7) is 16.1. The first-order chi connectivity index (χ1) is 6.24. The lowest BCUT2D eigenvalue weighted by molar-refractivity contribution is 0.423. The summed E-state index contributed by atoms with van der Waals surface area (Å²) in [5.74, 6) is 0. The average Bonchev–Trinajstić information content (AvgIpc) is 2.18. The quantitative estimate of drug-likeness (QED) is 0.588. The molecule has 13 heavy (non-hydrogen) atoms. The normalized spacial score (nSPS) is 12.0. The molecular weight excluding hydrogens is 179 g/mol. The molecule has 0 aromatic carbocycles. The highest BCUT2D eigenvalue weighted by Gasteiger charge is 2.18. The Morgan fingerprint density at radius 1 is 0.692 bits per heavy atom. The number of nitrogens with zero attached hydrogens (tertiary/aromatic N) is 2. The van der Waals surface area contributed by atoms with Crippen LogP contribution in [0.1, 0.15) is 34.6 Å². The second-order valence-electron chi connectivity index (χ2n) is 2.97. The van der Waals surface area contributed by atoms with Crippen LogP contribution in [0.15, 0.2) is 0 Å². The molecule has 0 radical (unpaired) electrons. The van der Waals surface area contributed by atoms with Gasteiger partial charge in [-0.05, 0) is 6.16 Å². The maximum atomic E-state index is 2.60. The van der Waals surface area contributed by atoms with Gasteiger partial charge in [0.15, 0.2) is 0 Å². The predicted molar refractivity (Wildman–Crippen MR) is 63.3 cm³/mol. The molecule has 0 aliphatic rings. The number of hydrogen-bond acceptors (Lipinski definition) is 2. The second-order valence-corrected chi connectivity index (χ2v) is 5.47. The van der Waals surface area contributed by atoms with Crippen LogP contribution in [0.5, 0.6) is 0 Å². The van der Waals surface area contributed by atoms with Crippen LogP contribution in [0.25, 0.3) is 0 Å². The number of rotatable bonds is 7. The molecule has 0 spiro atoms. The molecule has 0 atom stereocenters. The van der Waals surface area contributed by atoms with Crippen molar-refractivity contribution >= 4 is 8.22 Å². The van der Waals surface area contributed by atoms with E-state index in [1.165, 1.54) is 32.3 Å². The molecule has 3 heteroatoms. The minimum Gasteiger partial charge on any atom is -0.270 e. The van der Waals surface area contributed by atoms with Crippen LogP contribution in [0.3, 0.4) is 0 Å². The van der Waals surface area contributed by atoms with Gasteiger partial charge in [-0.25, -0.2) is 0 Å². The van der Waals surface area contributed by atoms with Crippen LogP contribution in [0.4, 0.5) is 0 Å². The molecule has 0 unspecified atom stereocenters. The fourth-order valence-electron chi connectivity index (χ4n) is 1.68. The van der Waals surface area contributed by atoms with E-state index in [0.717, 1.165) is 0 Å². The van der Waals surface area contributed by atoms with E-state index in [0.29, 0.717) is 0 Å². The van der Waals surface area contributed by atoms with Crippen molar-refractivity contribution in [2.45, 2.75) is 34.6 Å². The van der Waals surface area contributed by atoms with Crippen molar-refractivity contribution in [3.05, 3.63) is 0 Å². The van der Waals surface area contributed by atoms with Crippen molar-refractivity contribution in [3.8, 4) is 0 Å². The van der Waals surface area contributed by atoms with E-state index in [9.17, 15) is 0 Å². The van der Waals surface area contributed by atoms with Crippen molar-refractivity contribution in [2.75, 3.05) is 32.3 Å². The van der Waals surface area contributed by atoms with Gasteiger partial charge < -0.3 is 0 Å². The van der Waals surface area contributed by atoms with Gasteiger partial charge in [-0.1, -0.05) is 34.6 Å². The summed E-state index contributed by atoms with van der Waals surface area (Å²) < 4.78 is 5.20. The molecule has 0 aromatic heterocycles. The van der Waals surface area contributed by atoms with Crippen LogP contribution in [0.2, 0.25) is 0 Å². The fraction of sp³-hybridized carbons (Fsp3) is 1.00. The Bertz CT molecular complexity index is 99.5. The Morgan fingerprint density at radius 3 is 1.15 bits per heavy atom. The summed E-state index contributed by atoms with van der Waals surface area (Å²) in [5, 5.41) is 0. The van der Waals surface area contributed by atoms with Crippen LogP contribution >= 0.6 is 8.22 Å². The van der Waals surface area contributed by atoms with Crippen LogP contribution in [0, 0.1) is 0 Å². The maximum Gasteiger partial charge on any atom is 0.0391 e. The third kappa shape index (κ3) is 3.93. The molecule has 0 rings (SSSR count). The molecule has 0 aromatic rings. The zero-order valence-electron chi connectivity index (χ0n) is 9.88. The first kappa shape index (κ1) is 13.4. The van der Waals surface area contributed by atoms with E-state index in [2.05, 4.69) is 44.0 Å². The van der Waals surface area contributed by atoms with Crippen molar-refractivity contribution in [2.24, 2.45) is 0 Å². The van der Waals surface area contributed by atoms with E-state index in [4.69, 9.17) is 0 Å². The molecule has 2 nitrogen and oxygen atoms in total. The van der Waals surface area contributed by atoms with E-state index < -0.39 is 0 Å². The maximum absolute atomic E-state index is 2.60. The molecule has 0 aliphatic heterocycles. The van der Waals surface area contributed by atoms with Gasteiger partial charge in [0.05, 0.1) is 0 Å². The molecular formula is C10H25N2P. The third-order valence-corrected chi connectivity index (χ3v) is 5.40. The molecule has 0 fully saturated rings. The van der Waals surface area contributed by atoms with Gasteiger partial charge in [-0.2, -0.15) is 0 Å². The Kier molecular flexibility index (Phi) is 7.93. The van der Waals surface area contributed by atoms with Gasteiger partial charge in [0.2, 0.25) is 0 Å². The highest BCUT2D eigenvalue weighted by Crippen LogP contribution is 2.42. The van der Waals surface area contributed by atoms with E-state index >= 15 is 0 Å². The summed E-state index contributed by atoms with van der Waals surface area (Å²) in [6, 6.07) is 0. The monoisotopic (exact) mass is 204 g/mol. The van der Waals surface area contributed by atoms with Crippen molar-refractivity contribution in [3.63, 3.8) is 0 Å². The molecule has 0 aliphatic carbocycles. The van der Waals surface area contributed by atoms with E-state index in [1.54, 1.807) is 0 Å². The van der Waals surface area contributed by atoms with Crippen molar-refractivity contribution in [1.82, 2.24) is 9.34 Å². The zero-order chi connectivity index (χ0) is 10.3. The Hall–Kier alpha value is 0.350. The molecule has 0 bridgehead atoms. The molecule has 80 valence electrons. The SMILES string of the molecule is CCN(CC)P(CC)N(CC)CC. The van der Waals surface area contributed by atoms with Crippen molar-refractivity contribution < 1.29 is 0 Å². The highest BCUT2D eigenvalue weighted by molar-refractivity contribution is 7.52. The Morgan fingerprint density at radius 2 is 1.00 bits per heavy atom. The number of hydrogen-bond donors (Lipinski definition) is 0. The lowest BCUT2D eigenvalue weighted by Gasteiger charge is -2.36. The minimum atomic E-state index is -0.0190. The topological polar surface area (TPSA) is 6.48 Å². The highest BCUT2D eigenvalue weighted by atomic mass is 31.1. The predicted octanol–water partition coefficient (Wildman–Crippen LogP) is 3.00. The van der Waals surface area contributed by atoms with Crippen molar-refractivity contribution in [1.29, 1.82) is 0 Å². The van der Waals surface area contributed by atoms with E-state index in [1.807, 2.05) is 0 Å². The largest absolute Gasteiger partial charge is 0.270 e. The first-order valence-electron chi connectivity index (χ1n) is 5.52. The third-order valence-electron chi connectivity index (χ3n) is 2.40. The smallest absolute Gasteiger partial charge is 0.0391 e. The van der Waals surface area contributed by atoms with Gasteiger partial charge in [0.25, 0.3) is 0 Å². The van der Waals surface area contributed by atoms with Gasteiger partial charge in [0, 0.05) is 34.4 Å². The minimum absolute atomic E-state index is 0.0190. The van der Waals surface area contributed by atoms with Gasteiger partial charge in [-0.15, -0.1) is 0 Å². The van der Waals surface area contributed by atoms with Crippen LogP contribution < -0.4 is 0 Å². The van der Waals surface area contributed by atoms with Gasteiger partial charge >= 0.3 is 0 Å². The van der Waals surface area contributed by atoms with Gasteiger partial charge in [0.1, 0.15) is 0 Å². The Balaban J connectivity index is 4.26. The summed E-state index contributed by atoms with van der Waals surface area (Å²) in [5.41, 5.74) is 0. The van der Waals surface area contributed by atoms with Crippen LogP contribution in [-0.2, 0) is 0 Å².